The van der Waals surface area contributed by atoms with E-state index in [1.165, 1.54) is 12.1 Å². The van der Waals surface area contributed by atoms with Gasteiger partial charge in [-0.15, -0.1) is 4.40 Å². The maximum absolute atomic E-state index is 13.2. The van der Waals surface area contributed by atoms with Crippen LogP contribution in [-0.2, 0) is 14.8 Å². The molecule has 9 heteroatoms. The van der Waals surface area contributed by atoms with Gasteiger partial charge in [-0.25, -0.2) is 8.78 Å². The Labute approximate surface area is 155 Å². The summed E-state index contributed by atoms with van der Waals surface area (Å²) in [5.74, 6) is -2.42. The van der Waals surface area contributed by atoms with Gasteiger partial charge in [0.1, 0.15) is 10.7 Å². The second-order valence-electron chi connectivity index (χ2n) is 6.32. The van der Waals surface area contributed by atoms with Crippen LogP contribution in [0, 0.1) is 17.6 Å². The standard InChI is InChI=1S/C18H17F2N3O3S/c1-11(9-18(24)21-12-6-7-13(19)14(20)10-12)8-17-22-15-4-2-3-5-16(15)27(25,26)23-17/h2-7,10-11H,8-9H2,1H3,(H,21,24)(H,22,23)/t11-/m1/s1. The molecule has 1 amide bonds. The Morgan fingerprint density at radius 3 is 2.67 bits per heavy atom. The predicted molar refractivity (Wildman–Crippen MR) is 98.1 cm³/mol. The molecule has 1 atom stereocenters. The van der Waals surface area contributed by atoms with Gasteiger partial charge in [0.25, 0.3) is 10.0 Å². The molecule has 0 spiro atoms. The maximum atomic E-state index is 13.2. The minimum absolute atomic E-state index is 0.0569. The van der Waals surface area contributed by atoms with Crippen molar-refractivity contribution in [2.75, 3.05) is 10.6 Å². The van der Waals surface area contributed by atoms with Crippen LogP contribution in [0.15, 0.2) is 51.8 Å². The summed E-state index contributed by atoms with van der Waals surface area (Å²) in [6.45, 7) is 1.77. The van der Waals surface area contributed by atoms with Crippen molar-refractivity contribution in [2.24, 2.45) is 10.3 Å². The Hall–Kier alpha value is -2.81. The van der Waals surface area contributed by atoms with Crippen molar-refractivity contribution in [1.29, 1.82) is 0 Å². The molecule has 0 saturated heterocycles. The number of anilines is 2. The fourth-order valence-electron chi connectivity index (χ4n) is 2.76. The van der Waals surface area contributed by atoms with Crippen LogP contribution in [0.25, 0.3) is 0 Å². The van der Waals surface area contributed by atoms with E-state index >= 15 is 0 Å². The fourth-order valence-corrected chi connectivity index (χ4v) is 3.92. The molecule has 1 aliphatic rings. The smallest absolute Gasteiger partial charge is 0.286 e. The number of nitrogens with zero attached hydrogens (tertiary/aromatic N) is 1. The number of hydrogen-bond acceptors (Lipinski definition) is 4. The zero-order valence-electron chi connectivity index (χ0n) is 14.4. The summed E-state index contributed by atoms with van der Waals surface area (Å²) in [6.07, 6.45) is 0.292. The molecule has 3 rings (SSSR count). The summed E-state index contributed by atoms with van der Waals surface area (Å²) < 4.78 is 54.3. The molecule has 0 fully saturated rings. The third kappa shape index (κ3) is 4.48. The highest BCUT2D eigenvalue weighted by molar-refractivity contribution is 7.90. The quantitative estimate of drug-likeness (QED) is 0.814. The minimum atomic E-state index is -3.77. The number of benzene rings is 2. The number of amidine groups is 1. The average Bonchev–Trinajstić information content (AvgIpc) is 2.57. The van der Waals surface area contributed by atoms with E-state index in [0.717, 1.165) is 12.1 Å². The van der Waals surface area contributed by atoms with Crippen molar-refractivity contribution < 1.29 is 22.0 Å². The number of sulfonamides is 1. The van der Waals surface area contributed by atoms with Gasteiger partial charge in [-0.3, -0.25) is 4.79 Å². The van der Waals surface area contributed by atoms with Gasteiger partial charge in [-0.05, 0) is 30.2 Å². The third-order valence-corrected chi connectivity index (χ3v) is 5.33. The van der Waals surface area contributed by atoms with Crippen LogP contribution in [0.3, 0.4) is 0 Å². The van der Waals surface area contributed by atoms with E-state index in [4.69, 9.17) is 0 Å². The van der Waals surface area contributed by atoms with E-state index in [9.17, 15) is 22.0 Å². The third-order valence-electron chi connectivity index (χ3n) is 3.95. The van der Waals surface area contributed by atoms with Crippen LogP contribution in [0.5, 0.6) is 0 Å². The zero-order chi connectivity index (χ0) is 19.6. The second-order valence-corrected chi connectivity index (χ2v) is 7.90. The number of rotatable bonds is 5. The van der Waals surface area contributed by atoms with Crippen molar-refractivity contribution in [3.05, 3.63) is 54.1 Å². The lowest BCUT2D eigenvalue weighted by Crippen LogP contribution is -2.25. The van der Waals surface area contributed by atoms with Crippen LogP contribution < -0.4 is 10.6 Å². The van der Waals surface area contributed by atoms with Gasteiger partial charge < -0.3 is 10.6 Å². The summed E-state index contributed by atoms with van der Waals surface area (Å²) in [5, 5.41) is 5.45. The number of hydrogen-bond donors (Lipinski definition) is 2. The number of carbonyl (C=O) groups is 1. The molecule has 6 nitrogen and oxygen atoms in total. The molecule has 2 aromatic carbocycles. The highest BCUT2D eigenvalue weighted by atomic mass is 32.2. The Bertz CT molecular complexity index is 1020. The first-order valence-corrected chi connectivity index (χ1v) is 9.63. The van der Waals surface area contributed by atoms with Crippen LogP contribution in [0.1, 0.15) is 19.8 Å². The van der Waals surface area contributed by atoms with E-state index in [2.05, 4.69) is 15.0 Å². The molecule has 1 heterocycles. The summed E-state index contributed by atoms with van der Waals surface area (Å²) >= 11 is 0. The van der Waals surface area contributed by atoms with Gasteiger partial charge in [0, 0.05) is 24.6 Å². The molecule has 142 valence electrons. The van der Waals surface area contributed by atoms with Gasteiger partial charge in [-0.1, -0.05) is 19.1 Å². The van der Waals surface area contributed by atoms with Crippen LogP contribution in [0.2, 0.25) is 0 Å². The summed E-state index contributed by atoms with van der Waals surface area (Å²) in [6, 6.07) is 9.52. The normalized spacial score (nSPS) is 15.9. The van der Waals surface area contributed by atoms with Crippen molar-refractivity contribution in [2.45, 2.75) is 24.7 Å². The Morgan fingerprint density at radius 1 is 1.19 bits per heavy atom. The molecular weight excluding hydrogens is 376 g/mol. The van der Waals surface area contributed by atoms with Crippen molar-refractivity contribution in [3.63, 3.8) is 0 Å². The molecule has 2 aromatic rings. The SMILES string of the molecule is C[C@@H](CC(=O)Nc1ccc(F)c(F)c1)CC1=NS(=O)(=O)c2ccccc2N1. The van der Waals surface area contributed by atoms with Gasteiger partial charge in [0.05, 0.1) is 5.69 Å². The van der Waals surface area contributed by atoms with Gasteiger partial charge >= 0.3 is 0 Å². The minimum Gasteiger partial charge on any atom is -0.342 e. The monoisotopic (exact) mass is 393 g/mol. The van der Waals surface area contributed by atoms with Crippen LogP contribution in [0.4, 0.5) is 20.2 Å². The van der Waals surface area contributed by atoms with Gasteiger partial charge in [0.15, 0.2) is 11.6 Å². The van der Waals surface area contributed by atoms with E-state index in [1.807, 2.05) is 0 Å². The summed E-state index contributed by atoms with van der Waals surface area (Å²) in [5.41, 5.74) is 0.594. The van der Waals surface area contributed by atoms with E-state index < -0.39 is 27.6 Å². The van der Waals surface area contributed by atoms with E-state index in [-0.39, 0.29) is 35.2 Å². The van der Waals surface area contributed by atoms with Crippen LogP contribution in [-0.4, -0.2) is 20.2 Å². The maximum Gasteiger partial charge on any atom is 0.286 e. The second kappa shape index (κ2) is 7.43. The molecule has 0 unspecified atom stereocenters. The molecule has 0 saturated carbocycles. The molecule has 27 heavy (non-hydrogen) atoms. The summed E-state index contributed by atoms with van der Waals surface area (Å²) in [4.78, 5) is 12.2. The van der Waals surface area contributed by atoms with Gasteiger partial charge in [-0.2, -0.15) is 8.42 Å². The fraction of sp³-hybridized carbons (Fsp3) is 0.222. The molecule has 0 radical (unpaired) electrons. The first-order valence-electron chi connectivity index (χ1n) is 8.19. The number of carbonyl (C=O) groups excluding carboxylic acids is 1. The topological polar surface area (TPSA) is 87.6 Å². The lowest BCUT2D eigenvalue weighted by molar-refractivity contribution is -0.116. The van der Waals surface area contributed by atoms with Crippen molar-refractivity contribution >= 4 is 33.1 Å². The highest BCUT2D eigenvalue weighted by Gasteiger charge is 2.25. The first kappa shape index (κ1) is 19.0. The lowest BCUT2D eigenvalue weighted by Gasteiger charge is -2.20. The number of halogens is 2. The Kier molecular flexibility index (Phi) is 5.22. The van der Waals surface area contributed by atoms with Gasteiger partial charge in [0.2, 0.25) is 5.91 Å². The largest absolute Gasteiger partial charge is 0.342 e. The molecule has 2 N–H and O–H groups in total. The lowest BCUT2D eigenvalue weighted by atomic mass is 10.0. The number of fused-ring (bicyclic) bond motifs is 1. The molecule has 0 aliphatic carbocycles. The molecular formula is C18H17F2N3O3S. The highest BCUT2D eigenvalue weighted by Crippen LogP contribution is 2.28. The molecule has 0 aromatic heterocycles. The number of nitrogens with one attached hydrogen (secondary N) is 2. The summed E-state index contributed by atoms with van der Waals surface area (Å²) in [7, 11) is -3.77. The van der Waals surface area contributed by atoms with Crippen LogP contribution >= 0.6 is 0 Å². The number of para-hydroxylation sites is 1. The van der Waals surface area contributed by atoms with Crippen molar-refractivity contribution in [3.8, 4) is 0 Å². The first-order chi connectivity index (χ1) is 12.7. The predicted octanol–water partition coefficient (Wildman–Crippen LogP) is 3.53. The van der Waals surface area contributed by atoms with Crippen molar-refractivity contribution in [1.82, 2.24) is 0 Å². The number of amides is 1. The Morgan fingerprint density at radius 2 is 1.93 bits per heavy atom. The molecule has 1 aliphatic heterocycles. The average molecular weight is 393 g/mol. The van der Waals surface area contributed by atoms with E-state index in [1.54, 1.807) is 25.1 Å². The molecule has 0 bridgehead atoms. The van der Waals surface area contributed by atoms with E-state index in [0.29, 0.717) is 5.69 Å². The Balaban J connectivity index is 1.62. The zero-order valence-corrected chi connectivity index (χ0v) is 15.2.